The van der Waals surface area contributed by atoms with E-state index in [1.807, 2.05) is 39.0 Å². The summed E-state index contributed by atoms with van der Waals surface area (Å²) in [6, 6.07) is 5.50. The van der Waals surface area contributed by atoms with E-state index in [2.05, 4.69) is 15.9 Å². The average molecular weight is 339 g/mol. The fraction of sp³-hybridized carbons (Fsp3) is 0.538. The summed E-state index contributed by atoms with van der Waals surface area (Å²) in [5.41, 5.74) is 6.76. The summed E-state index contributed by atoms with van der Waals surface area (Å²) >= 11 is 3.43. The van der Waals surface area contributed by atoms with Gasteiger partial charge in [0, 0.05) is 28.1 Å². The molecule has 0 spiro atoms. The maximum absolute atomic E-state index is 9.38. The Morgan fingerprint density at radius 1 is 1.44 bits per heavy atom. The van der Waals surface area contributed by atoms with Crippen LogP contribution in [0.3, 0.4) is 0 Å². The van der Waals surface area contributed by atoms with Crippen LogP contribution in [-0.2, 0) is 0 Å². The maximum Gasteiger partial charge on any atom is 0.124 e. The molecule has 0 bridgehead atoms. The molecule has 1 aromatic rings. The summed E-state index contributed by atoms with van der Waals surface area (Å²) in [5, 5.41) is 9.38. The molecule has 3 N–H and O–H groups in total. The summed E-state index contributed by atoms with van der Waals surface area (Å²) in [6.07, 6.45) is 0. The lowest BCUT2D eigenvalue weighted by Gasteiger charge is -2.31. The summed E-state index contributed by atoms with van der Waals surface area (Å²) < 4.78 is 6.53. The van der Waals surface area contributed by atoms with Crippen molar-refractivity contribution in [3.05, 3.63) is 28.2 Å². The van der Waals surface area contributed by atoms with Crippen LogP contribution in [0.1, 0.15) is 32.4 Å². The van der Waals surface area contributed by atoms with Gasteiger partial charge in [-0.25, -0.2) is 0 Å². The fourth-order valence-corrected chi connectivity index (χ4v) is 1.95. The Morgan fingerprint density at radius 3 is 2.56 bits per heavy atom. The lowest BCUT2D eigenvalue weighted by atomic mass is 9.81. The van der Waals surface area contributed by atoms with E-state index in [-0.39, 0.29) is 30.5 Å². The zero-order valence-electron chi connectivity index (χ0n) is 10.9. The van der Waals surface area contributed by atoms with Gasteiger partial charge < -0.3 is 15.6 Å². The van der Waals surface area contributed by atoms with E-state index < -0.39 is 0 Å². The second kappa shape index (κ2) is 7.34. The first-order valence-electron chi connectivity index (χ1n) is 5.71. The van der Waals surface area contributed by atoms with Gasteiger partial charge in [0.25, 0.3) is 0 Å². The molecule has 0 unspecified atom stereocenters. The van der Waals surface area contributed by atoms with Gasteiger partial charge in [0.1, 0.15) is 5.75 Å². The van der Waals surface area contributed by atoms with Crippen LogP contribution in [0.25, 0.3) is 0 Å². The average Bonchev–Trinajstić information content (AvgIpc) is 2.30. The molecule has 0 aromatic heterocycles. The molecule has 0 radical (unpaired) electrons. The van der Waals surface area contributed by atoms with Crippen molar-refractivity contribution in [3.63, 3.8) is 0 Å². The molecular formula is C13H21BrClNO2. The summed E-state index contributed by atoms with van der Waals surface area (Å²) in [6.45, 7) is 6.45. The quantitative estimate of drug-likeness (QED) is 0.866. The minimum Gasteiger partial charge on any atom is -0.494 e. The number of rotatable bonds is 5. The van der Waals surface area contributed by atoms with E-state index in [1.54, 1.807) is 0 Å². The molecule has 18 heavy (non-hydrogen) atoms. The van der Waals surface area contributed by atoms with Gasteiger partial charge in [-0.05, 0) is 25.1 Å². The third-order valence-corrected chi connectivity index (χ3v) is 3.35. The Balaban J connectivity index is 0.00000289. The minimum absolute atomic E-state index is 0. The zero-order valence-corrected chi connectivity index (χ0v) is 13.3. The molecule has 104 valence electrons. The SMILES string of the molecule is CCOc1ccc(Br)cc1[C@@H](N)C(C)(C)CO.Cl. The second-order valence-electron chi connectivity index (χ2n) is 4.74. The van der Waals surface area contributed by atoms with Crippen molar-refractivity contribution < 1.29 is 9.84 Å². The van der Waals surface area contributed by atoms with E-state index in [4.69, 9.17) is 10.5 Å². The number of benzene rings is 1. The molecule has 0 saturated heterocycles. The third-order valence-electron chi connectivity index (χ3n) is 2.86. The number of nitrogens with two attached hydrogens (primary N) is 1. The number of hydrogen-bond acceptors (Lipinski definition) is 3. The van der Waals surface area contributed by atoms with E-state index in [0.717, 1.165) is 15.8 Å². The van der Waals surface area contributed by atoms with Crippen LogP contribution in [0.4, 0.5) is 0 Å². The van der Waals surface area contributed by atoms with Gasteiger partial charge in [0.2, 0.25) is 0 Å². The van der Waals surface area contributed by atoms with Crippen LogP contribution in [-0.4, -0.2) is 18.3 Å². The van der Waals surface area contributed by atoms with Crippen LogP contribution < -0.4 is 10.5 Å². The van der Waals surface area contributed by atoms with Crippen molar-refractivity contribution in [2.24, 2.45) is 11.1 Å². The Morgan fingerprint density at radius 2 is 2.06 bits per heavy atom. The molecule has 3 nitrogen and oxygen atoms in total. The molecule has 0 heterocycles. The molecule has 0 aliphatic carbocycles. The van der Waals surface area contributed by atoms with Gasteiger partial charge in [0.05, 0.1) is 6.61 Å². The van der Waals surface area contributed by atoms with Crippen molar-refractivity contribution >= 4 is 28.3 Å². The molecule has 0 aliphatic heterocycles. The predicted molar refractivity (Wildman–Crippen MR) is 80.4 cm³/mol. The molecule has 1 atom stereocenters. The summed E-state index contributed by atoms with van der Waals surface area (Å²) in [5.74, 6) is 0.782. The first-order chi connectivity index (χ1) is 7.92. The highest BCUT2D eigenvalue weighted by Gasteiger charge is 2.29. The topological polar surface area (TPSA) is 55.5 Å². The second-order valence-corrected chi connectivity index (χ2v) is 5.66. The fourth-order valence-electron chi connectivity index (χ4n) is 1.57. The normalized spacial score (nSPS) is 12.8. The van der Waals surface area contributed by atoms with E-state index in [9.17, 15) is 5.11 Å². The first-order valence-corrected chi connectivity index (χ1v) is 6.50. The zero-order chi connectivity index (χ0) is 13.1. The number of aliphatic hydroxyl groups excluding tert-OH is 1. The Bertz CT molecular complexity index is 385. The largest absolute Gasteiger partial charge is 0.494 e. The van der Waals surface area contributed by atoms with E-state index in [0.29, 0.717) is 6.61 Å². The number of ether oxygens (including phenoxy) is 1. The highest BCUT2D eigenvalue weighted by Crippen LogP contribution is 2.37. The van der Waals surface area contributed by atoms with E-state index >= 15 is 0 Å². The lowest BCUT2D eigenvalue weighted by Crippen LogP contribution is -2.32. The first kappa shape index (κ1) is 17.7. The Labute approximate surface area is 123 Å². The molecule has 0 aliphatic rings. The molecule has 1 rings (SSSR count). The van der Waals surface area contributed by atoms with Gasteiger partial charge in [-0.2, -0.15) is 0 Å². The van der Waals surface area contributed by atoms with Gasteiger partial charge in [-0.3, -0.25) is 0 Å². The minimum atomic E-state index is -0.382. The molecule has 0 saturated carbocycles. The molecule has 0 fully saturated rings. The number of hydrogen-bond donors (Lipinski definition) is 2. The van der Waals surface area contributed by atoms with Crippen LogP contribution in [0.2, 0.25) is 0 Å². The highest BCUT2D eigenvalue weighted by molar-refractivity contribution is 9.10. The van der Waals surface area contributed by atoms with Crippen LogP contribution in [0.5, 0.6) is 5.75 Å². The summed E-state index contributed by atoms with van der Waals surface area (Å²) in [4.78, 5) is 0. The van der Waals surface area contributed by atoms with Crippen molar-refractivity contribution in [2.45, 2.75) is 26.8 Å². The smallest absolute Gasteiger partial charge is 0.124 e. The van der Waals surface area contributed by atoms with Gasteiger partial charge >= 0.3 is 0 Å². The van der Waals surface area contributed by atoms with Crippen LogP contribution >= 0.6 is 28.3 Å². The Hall–Kier alpha value is -0.290. The molecular weight excluding hydrogens is 318 g/mol. The van der Waals surface area contributed by atoms with Crippen molar-refractivity contribution in [1.29, 1.82) is 0 Å². The van der Waals surface area contributed by atoms with Crippen molar-refractivity contribution in [2.75, 3.05) is 13.2 Å². The lowest BCUT2D eigenvalue weighted by molar-refractivity contribution is 0.130. The van der Waals surface area contributed by atoms with Gasteiger partial charge in [-0.15, -0.1) is 12.4 Å². The standard InChI is InChI=1S/C13H20BrNO2.ClH/c1-4-17-11-6-5-9(14)7-10(11)12(15)13(2,3)8-16;/h5-7,12,16H,4,8,15H2,1-3H3;1H/t12-;/m1./s1. The van der Waals surface area contributed by atoms with Crippen LogP contribution in [0, 0.1) is 5.41 Å². The van der Waals surface area contributed by atoms with Crippen molar-refractivity contribution in [1.82, 2.24) is 0 Å². The van der Waals surface area contributed by atoms with Gasteiger partial charge in [0.15, 0.2) is 0 Å². The molecule has 0 amide bonds. The van der Waals surface area contributed by atoms with Gasteiger partial charge in [-0.1, -0.05) is 29.8 Å². The molecule has 1 aromatic carbocycles. The number of halogens is 2. The third kappa shape index (κ3) is 4.12. The maximum atomic E-state index is 9.38. The van der Waals surface area contributed by atoms with E-state index in [1.165, 1.54) is 0 Å². The van der Waals surface area contributed by atoms with Crippen molar-refractivity contribution in [3.8, 4) is 5.75 Å². The summed E-state index contributed by atoms with van der Waals surface area (Å²) in [7, 11) is 0. The number of aliphatic hydroxyl groups is 1. The predicted octanol–water partition coefficient (Wildman–Crippen LogP) is 3.29. The highest BCUT2D eigenvalue weighted by atomic mass is 79.9. The molecule has 5 heteroatoms. The monoisotopic (exact) mass is 337 g/mol. The Kier molecular flexibility index (Phi) is 7.22. The van der Waals surface area contributed by atoms with Crippen LogP contribution in [0.15, 0.2) is 22.7 Å².